The van der Waals surface area contributed by atoms with E-state index in [-0.39, 0.29) is 17.5 Å². The van der Waals surface area contributed by atoms with Crippen LogP contribution in [0.15, 0.2) is 0 Å². The summed E-state index contributed by atoms with van der Waals surface area (Å²) < 4.78 is 5.21. The first-order valence-corrected chi connectivity index (χ1v) is 4.27. The highest BCUT2D eigenvalue weighted by Crippen LogP contribution is 2.31. The third kappa shape index (κ3) is 1.73. The highest BCUT2D eigenvalue weighted by molar-refractivity contribution is 5.76. The minimum absolute atomic E-state index is 0.0319. The summed E-state index contributed by atoms with van der Waals surface area (Å²) in [5.74, 6) is -0.0319. The maximum absolute atomic E-state index is 11.3. The molecule has 0 amide bonds. The number of carbonyl (C=O) groups is 1. The van der Waals surface area contributed by atoms with Crippen LogP contribution in [0.25, 0.3) is 0 Å². The van der Waals surface area contributed by atoms with E-state index in [4.69, 9.17) is 4.74 Å². The van der Waals surface area contributed by atoms with Gasteiger partial charge in [-0.3, -0.25) is 4.79 Å². The van der Waals surface area contributed by atoms with Crippen LogP contribution in [-0.4, -0.2) is 12.1 Å². The summed E-state index contributed by atoms with van der Waals surface area (Å²) in [5.41, 5.74) is -0.244. The highest BCUT2D eigenvalue weighted by Gasteiger charge is 2.35. The summed E-state index contributed by atoms with van der Waals surface area (Å²) in [6, 6.07) is 0. The molecule has 1 rings (SSSR count). The third-order valence-corrected chi connectivity index (χ3v) is 2.37. The van der Waals surface area contributed by atoms with Gasteiger partial charge in [-0.1, -0.05) is 6.92 Å². The molecule has 1 aliphatic rings. The van der Waals surface area contributed by atoms with Gasteiger partial charge in [0.05, 0.1) is 5.41 Å². The zero-order valence-corrected chi connectivity index (χ0v) is 7.52. The van der Waals surface area contributed by atoms with Gasteiger partial charge in [-0.2, -0.15) is 0 Å². The van der Waals surface area contributed by atoms with Crippen molar-refractivity contribution in [3.8, 4) is 0 Å². The maximum Gasteiger partial charge on any atom is 0.311 e. The Kier molecular flexibility index (Phi) is 2.21. The molecule has 0 radical (unpaired) electrons. The molecule has 0 aromatic rings. The Labute approximate surface area is 67.9 Å². The molecule has 0 aromatic heterocycles. The number of cyclic esters (lactones) is 1. The van der Waals surface area contributed by atoms with Gasteiger partial charge in [0, 0.05) is 0 Å². The van der Waals surface area contributed by atoms with Crippen molar-refractivity contribution in [1.29, 1.82) is 0 Å². The van der Waals surface area contributed by atoms with Gasteiger partial charge in [0.15, 0.2) is 0 Å². The van der Waals surface area contributed by atoms with Crippen LogP contribution in [-0.2, 0) is 9.53 Å². The van der Waals surface area contributed by atoms with Crippen molar-refractivity contribution in [3.63, 3.8) is 0 Å². The highest BCUT2D eigenvalue weighted by atomic mass is 16.5. The van der Waals surface area contributed by atoms with Crippen molar-refractivity contribution < 1.29 is 9.53 Å². The Morgan fingerprint density at radius 1 is 1.64 bits per heavy atom. The van der Waals surface area contributed by atoms with Crippen molar-refractivity contribution in [2.75, 3.05) is 0 Å². The Hall–Kier alpha value is -0.530. The average Bonchev–Trinajstić information content (AvgIpc) is 1.95. The van der Waals surface area contributed by atoms with E-state index in [1.165, 1.54) is 0 Å². The molecular formula is C9H16O2. The summed E-state index contributed by atoms with van der Waals surface area (Å²) in [7, 11) is 0. The van der Waals surface area contributed by atoms with E-state index in [2.05, 4.69) is 6.92 Å². The second-order valence-electron chi connectivity index (χ2n) is 3.86. The molecule has 0 aromatic carbocycles. The Morgan fingerprint density at radius 2 is 2.27 bits per heavy atom. The number of rotatable bonds is 1. The van der Waals surface area contributed by atoms with Crippen LogP contribution in [0.5, 0.6) is 0 Å². The first-order valence-electron chi connectivity index (χ1n) is 4.27. The lowest BCUT2D eigenvalue weighted by Gasteiger charge is -2.32. The second-order valence-corrected chi connectivity index (χ2v) is 3.86. The molecule has 11 heavy (non-hydrogen) atoms. The van der Waals surface area contributed by atoms with Crippen molar-refractivity contribution in [2.45, 2.75) is 46.1 Å². The van der Waals surface area contributed by atoms with Crippen LogP contribution in [0.3, 0.4) is 0 Å². The standard InChI is InChI=1S/C9H16O2/c1-4-7-5-6-9(2,3)8(10)11-7/h7H,4-6H2,1-3H3. The van der Waals surface area contributed by atoms with E-state index in [1.807, 2.05) is 13.8 Å². The third-order valence-electron chi connectivity index (χ3n) is 2.37. The Balaban J connectivity index is 2.55. The summed E-state index contributed by atoms with van der Waals surface area (Å²) in [6.45, 7) is 5.94. The number of esters is 1. The maximum atomic E-state index is 11.3. The summed E-state index contributed by atoms with van der Waals surface area (Å²) in [5, 5.41) is 0. The molecule has 64 valence electrons. The van der Waals surface area contributed by atoms with Crippen LogP contribution in [0, 0.1) is 5.41 Å². The predicted octanol–water partition coefficient (Wildman–Crippen LogP) is 2.13. The zero-order chi connectivity index (χ0) is 8.48. The van der Waals surface area contributed by atoms with Crippen molar-refractivity contribution in [3.05, 3.63) is 0 Å². The molecule has 0 aliphatic carbocycles. The summed E-state index contributed by atoms with van der Waals surface area (Å²) in [6.07, 6.45) is 3.11. The lowest BCUT2D eigenvalue weighted by Crippen LogP contribution is -2.36. The average molecular weight is 156 g/mol. The monoisotopic (exact) mass is 156 g/mol. The summed E-state index contributed by atoms with van der Waals surface area (Å²) >= 11 is 0. The van der Waals surface area contributed by atoms with Gasteiger partial charge in [0.2, 0.25) is 0 Å². The van der Waals surface area contributed by atoms with Gasteiger partial charge in [-0.05, 0) is 33.1 Å². The molecule has 0 bridgehead atoms. The molecular weight excluding hydrogens is 140 g/mol. The quantitative estimate of drug-likeness (QED) is 0.543. The fourth-order valence-corrected chi connectivity index (χ4v) is 1.28. The van der Waals surface area contributed by atoms with Crippen LogP contribution >= 0.6 is 0 Å². The molecule has 1 atom stereocenters. The molecule has 2 heteroatoms. The van der Waals surface area contributed by atoms with Gasteiger partial charge < -0.3 is 4.74 Å². The molecule has 1 heterocycles. The first kappa shape index (κ1) is 8.57. The minimum Gasteiger partial charge on any atom is -0.462 e. The molecule has 0 N–H and O–H groups in total. The van der Waals surface area contributed by atoms with Gasteiger partial charge >= 0.3 is 5.97 Å². The number of hydrogen-bond acceptors (Lipinski definition) is 2. The van der Waals surface area contributed by atoms with Gasteiger partial charge in [0.25, 0.3) is 0 Å². The van der Waals surface area contributed by atoms with E-state index >= 15 is 0 Å². The van der Waals surface area contributed by atoms with Crippen LogP contribution < -0.4 is 0 Å². The smallest absolute Gasteiger partial charge is 0.311 e. The van der Waals surface area contributed by atoms with Gasteiger partial charge in [-0.15, -0.1) is 0 Å². The SMILES string of the molecule is CCC1CCC(C)(C)C(=O)O1. The summed E-state index contributed by atoms with van der Waals surface area (Å²) in [4.78, 5) is 11.3. The van der Waals surface area contributed by atoms with Crippen LogP contribution in [0.1, 0.15) is 40.0 Å². The van der Waals surface area contributed by atoms with Crippen LogP contribution in [0.2, 0.25) is 0 Å². The Bertz CT molecular complexity index is 161. The van der Waals surface area contributed by atoms with Gasteiger partial charge in [0.1, 0.15) is 6.10 Å². The molecule has 2 nitrogen and oxygen atoms in total. The van der Waals surface area contributed by atoms with Gasteiger partial charge in [-0.25, -0.2) is 0 Å². The topological polar surface area (TPSA) is 26.3 Å². The number of ether oxygens (including phenoxy) is 1. The molecule has 1 saturated heterocycles. The number of carbonyl (C=O) groups excluding carboxylic acids is 1. The largest absolute Gasteiger partial charge is 0.462 e. The van der Waals surface area contributed by atoms with Crippen LogP contribution in [0.4, 0.5) is 0 Å². The molecule has 1 unspecified atom stereocenters. The van der Waals surface area contributed by atoms with Crippen molar-refractivity contribution in [2.24, 2.45) is 5.41 Å². The first-order chi connectivity index (χ1) is 5.06. The number of hydrogen-bond donors (Lipinski definition) is 0. The second kappa shape index (κ2) is 2.84. The lowest BCUT2D eigenvalue weighted by molar-refractivity contribution is -0.167. The van der Waals surface area contributed by atoms with Crippen molar-refractivity contribution in [1.82, 2.24) is 0 Å². The minimum atomic E-state index is -0.244. The van der Waals surface area contributed by atoms with E-state index in [9.17, 15) is 4.79 Å². The molecule has 1 fully saturated rings. The lowest BCUT2D eigenvalue weighted by atomic mass is 9.84. The normalized spacial score (nSPS) is 29.7. The molecule has 0 spiro atoms. The van der Waals surface area contributed by atoms with Crippen molar-refractivity contribution >= 4 is 5.97 Å². The zero-order valence-electron chi connectivity index (χ0n) is 7.52. The molecule has 1 aliphatic heterocycles. The predicted molar refractivity (Wildman–Crippen MR) is 43.2 cm³/mol. The Morgan fingerprint density at radius 3 is 2.73 bits per heavy atom. The fraction of sp³-hybridized carbons (Fsp3) is 0.889. The van der Waals surface area contributed by atoms with E-state index in [0.717, 1.165) is 19.3 Å². The van der Waals surface area contributed by atoms with E-state index in [1.54, 1.807) is 0 Å². The fourth-order valence-electron chi connectivity index (χ4n) is 1.28. The van der Waals surface area contributed by atoms with E-state index in [0.29, 0.717) is 0 Å². The molecule has 0 saturated carbocycles. The van der Waals surface area contributed by atoms with E-state index < -0.39 is 0 Å².